The van der Waals surface area contributed by atoms with Crippen molar-refractivity contribution in [2.75, 3.05) is 20.3 Å². The zero-order chi connectivity index (χ0) is 19.9. The number of hydrogen-bond acceptors (Lipinski definition) is 5. The van der Waals surface area contributed by atoms with Crippen molar-refractivity contribution in [2.45, 2.75) is 6.92 Å². The third-order valence-corrected chi connectivity index (χ3v) is 4.02. The van der Waals surface area contributed by atoms with Gasteiger partial charge in [0.2, 0.25) is 5.78 Å². The van der Waals surface area contributed by atoms with Crippen LogP contribution in [0.15, 0.2) is 59.0 Å². The molecule has 0 aliphatic carbocycles. The number of ether oxygens (including phenoxy) is 2. The van der Waals surface area contributed by atoms with Crippen molar-refractivity contribution in [3.05, 3.63) is 65.9 Å². The molecule has 1 N–H and O–H groups in total. The summed E-state index contributed by atoms with van der Waals surface area (Å²) in [5.41, 5.74) is 1.43. The maximum absolute atomic E-state index is 12.4. The van der Waals surface area contributed by atoms with E-state index < -0.39 is 0 Å². The summed E-state index contributed by atoms with van der Waals surface area (Å²) in [7, 11) is 1.52. The Hall–Kier alpha value is -3.54. The first kappa shape index (κ1) is 19.2. The molecule has 0 fully saturated rings. The maximum atomic E-state index is 12.4. The number of carbonyl (C=O) groups is 2. The number of benzene rings is 2. The molecule has 0 radical (unpaired) electrons. The van der Waals surface area contributed by atoms with Crippen LogP contribution in [0.25, 0.3) is 17.0 Å². The normalized spacial score (nSPS) is 10.9. The Labute approximate surface area is 162 Å². The summed E-state index contributed by atoms with van der Waals surface area (Å²) in [5.74, 6) is 0.778. The van der Waals surface area contributed by atoms with E-state index in [4.69, 9.17) is 13.9 Å². The Morgan fingerprint density at radius 3 is 2.68 bits per heavy atom. The predicted molar refractivity (Wildman–Crippen MR) is 107 cm³/mol. The standard InChI is InChI=1S/C22H21NO5/c1-3-23-22(25)14-27-19-11-9-15(12-21(19)26-2)8-10-17(24)20-13-16-6-4-5-7-18(16)28-20/h4-13H,3,14H2,1-2H3,(H,23,25)/b10-8+. The van der Waals surface area contributed by atoms with Crippen LogP contribution in [0.2, 0.25) is 0 Å². The third-order valence-electron chi connectivity index (χ3n) is 4.02. The Morgan fingerprint density at radius 1 is 1.11 bits per heavy atom. The lowest BCUT2D eigenvalue weighted by molar-refractivity contribution is -0.123. The fourth-order valence-electron chi connectivity index (χ4n) is 2.66. The van der Waals surface area contributed by atoms with E-state index in [1.54, 1.807) is 30.3 Å². The minimum atomic E-state index is -0.230. The van der Waals surface area contributed by atoms with E-state index in [0.717, 1.165) is 10.9 Å². The number of furan rings is 1. The van der Waals surface area contributed by atoms with Gasteiger partial charge in [0.1, 0.15) is 5.58 Å². The van der Waals surface area contributed by atoms with Gasteiger partial charge in [0.05, 0.1) is 7.11 Å². The summed E-state index contributed by atoms with van der Waals surface area (Å²) in [4.78, 5) is 23.9. The van der Waals surface area contributed by atoms with Gasteiger partial charge in [-0.25, -0.2) is 0 Å². The van der Waals surface area contributed by atoms with E-state index in [1.165, 1.54) is 13.2 Å². The number of rotatable bonds is 8. The molecule has 6 heteroatoms. The molecule has 0 aliphatic rings. The van der Waals surface area contributed by atoms with Crippen molar-refractivity contribution in [3.63, 3.8) is 0 Å². The van der Waals surface area contributed by atoms with Crippen LogP contribution < -0.4 is 14.8 Å². The number of hydrogen-bond donors (Lipinski definition) is 1. The number of amides is 1. The van der Waals surface area contributed by atoms with Crippen LogP contribution in [-0.4, -0.2) is 32.0 Å². The second-order valence-electron chi connectivity index (χ2n) is 6.00. The number of para-hydroxylation sites is 1. The average molecular weight is 379 g/mol. The minimum Gasteiger partial charge on any atom is -0.493 e. The van der Waals surface area contributed by atoms with Gasteiger partial charge in [0, 0.05) is 11.9 Å². The molecular formula is C22H21NO5. The average Bonchev–Trinajstić information content (AvgIpc) is 3.15. The van der Waals surface area contributed by atoms with Crippen LogP contribution in [-0.2, 0) is 4.79 Å². The Kier molecular flexibility index (Phi) is 6.11. The van der Waals surface area contributed by atoms with Crippen molar-refractivity contribution < 1.29 is 23.5 Å². The minimum absolute atomic E-state index is 0.0933. The summed E-state index contributed by atoms with van der Waals surface area (Å²) in [6, 6.07) is 14.4. The van der Waals surface area contributed by atoms with Crippen molar-refractivity contribution >= 4 is 28.7 Å². The van der Waals surface area contributed by atoms with Crippen LogP contribution in [0.4, 0.5) is 0 Å². The number of methoxy groups -OCH3 is 1. The number of ketones is 1. The molecule has 144 valence electrons. The van der Waals surface area contributed by atoms with Crippen LogP contribution in [0, 0.1) is 0 Å². The maximum Gasteiger partial charge on any atom is 0.257 e. The molecule has 3 rings (SSSR count). The van der Waals surface area contributed by atoms with Gasteiger partial charge in [-0.15, -0.1) is 0 Å². The monoisotopic (exact) mass is 379 g/mol. The van der Waals surface area contributed by atoms with Crippen LogP contribution in [0.1, 0.15) is 23.0 Å². The van der Waals surface area contributed by atoms with Gasteiger partial charge in [-0.2, -0.15) is 0 Å². The third kappa shape index (κ3) is 4.59. The molecule has 2 aromatic carbocycles. The van der Waals surface area contributed by atoms with Crippen molar-refractivity contribution in [2.24, 2.45) is 0 Å². The molecule has 0 saturated heterocycles. The SMILES string of the molecule is CCNC(=O)COc1ccc(/C=C/C(=O)c2cc3ccccc3o2)cc1OC. The molecule has 3 aromatic rings. The van der Waals surface area contributed by atoms with E-state index in [-0.39, 0.29) is 24.1 Å². The quantitative estimate of drug-likeness (QED) is 0.475. The molecule has 1 amide bonds. The molecule has 0 unspecified atom stereocenters. The fraction of sp³-hybridized carbons (Fsp3) is 0.182. The van der Waals surface area contributed by atoms with Crippen molar-refractivity contribution in [3.8, 4) is 11.5 Å². The Morgan fingerprint density at radius 2 is 1.93 bits per heavy atom. The summed E-state index contributed by atoms with van der Waals surface area (Å²) in [6.07, 6.45) is 3.12. The largest absolute Gasteiger partial charge is 0.493 e. The molecule has 6 nitrogen and oxygen atoms in total. The topological polar surface area (TPSA) is 77.8 Å². The molecule has 0 saturated carbocycles. The predicted octanol–water partition coefficient (Wildman–Crippen LogP) is 3.85. The number of carbonyl (C=O) groups excluding carboxylic acids is 2. The van der Waals surface area contributed by atoms with E-state index in [2.05, 4.69) is 5.32 Å². The molecular weight excluding hydrogens is 358 g/mol. The van der Waals surface area contributed by atoms with E-state index in [1.807, 2.05) is 31.2 Å². The van der Waals surface area contributed by atoms with Crippen molar-refractivity contribution in [1.29, 1.82) is 0 Å². The van der Waals surface area contributed by atoms with Crippen molar-refractivity contribution in [1.82, 2.24) is 5.32 Å². The molecule has 0 aliphatic heterocycles. The second kappa shape index (κ2) is 8.90. The number of allylic oxidation sites excluding steroid dienone is 1. The zero-order valence-corrected chi connectivity index (χ0v) is 15.7. The van der Waals surface area contributed by atoms with Crippen LogP contribution >= 0.6 is 0 Å². The lowest BCUT2D eigenvalue weighted by Crippen LogP contribution is -2.28. The number of nitrogens with one attached hydrogen (secondary N) is 1. The van der Waals surface area contributed by atoms with Gasteiger partial charge in [0.25, 0.3) is 5.91 Å². The van der Waals surface area contributed by atoms with Gasteiger partial charge in [-0.05, 0) is 42.8 Å². The molecule has 0 bridgehead atoms. The summed E-state index contributed by atoms with van der Waals surface area (Å²) < 4.78 is 16.4. The molecule has 28 heavy (non-hydrogen) atoms. The summed E-state index contributed by atoms with van der Waals surface area (Å²) >= 11 is 0. The summed E-state index contributed by atoms with van der Waals surface area (Å²) in [5, 5.41) is 3.54. The Bertz CT molecular complexity index is 986. The molecule has 1 aromatic heterocycles. The highest BCUT2D eigenvalue weighted by molar-refractivity contribution is 6.07. The number of likely N-dealkylation sites (N-methyl/N-ethyl adjacent to an activating group) is 1. The second-order valence-corrected chi connectivity index (χ2v) is 6.00. The van der Waals surface area contributed by atoms with Gasteiger partial charge < -0.3 is 19.2 Å². The molecule has 0 spiro atoms. The van der Waals surface area contributed by atoms with Gasteiger partial charge in [-0.3, -0.25) is 9.59 Å². The van der Waals surface area contributed by atoms with Gasteiger partial charge in [-0.1, -0.05) is 30.3 Å². The van der Waals surface area contributed by atoms with Crippen LogP contribution in [0.3, 0.4) is 0 Å². The van der Waals surface area contributed by atoms with E-state index in [0.29, 0.717) is 23.6 Å². The fourth-order valence-corrected chi connectivity index (χ4v) is 2.66. The highest BCUT2D eigenvalue weighted by atomic mass is 16.5. The smallest absolute Gasteiger partial charge is 0.257 e. The molecule has 0 atom stereocenters. The lowest BCUT2D eigenvalue weighted by atomic mass is 10.1. The first-order valence-electron chi connectivity index (χ1n) is 8.89. The first-order valence-corrected chi connectivity index (χ1v) is 8.89. The highest BCUT2D eigenvalue weighted by Crippen LogP contribution is 2.28. The zero-order valence-electron chi connectivity index (χ0n) is 15.7. The molecule has 1 heterocycles. The number of fused-ring (bicyclic) bond motifs is 1. The van der Waals surface area contributed by atoms with Gasteiger partial charge in [0.15, 0.2) is 23.9 Å². The summed E-state index contributed by atoms with van der Waals surface area (Å²) in [6.45, 7) is 2.29. The Balaban J connectivity index is 1.70. The van der Waals surface area contributed by atoms with Crippen LogP contribution in [0.5, 0.6) is 11.5 Å². The first-order chi connectivity index (χ1) is 13.6. The van der Waals surface area contributed by atoms with Gasteiger partial charge >= 0.3 is 0 Å². The lowest BCUT2D eigenvalue weighted by Gasteiger charge is -2.11. The highest BCUT2D eigenvalue weighted by Gasteiger charge is 2.10. The van der Waals surface area contributed by atoms with E-state index in [9.17, 15) is 9.59 Å². The van der Waals surface area contributed by atoms with E-state index >= 15 is 0 Å².